The van der Waals surface area contributed by atoms with Gasteiger partial charge in [0.25, 0.3) is 0 Å². The van der Waals surface area contributed by atoms with Gasteiger partial charge in [-0.15, -0.1) is 0 Å². The average molecular weight is 356 g/mol. The van der Waals surface area contributed by atoms with Gasteiger partial charge < -0.3 is 15.2 Å². The topological polar surface area (TPSA) is 58.6 Å². The lowest BCUT2D eigenvalue weighted by atomic mass is 9.86. The molecule has 1 aromatic rings. The predicted molar refractivity (Wildman–Crippen MR) is 85.2 cm³/mol. The van der Waals surface area contributed by atoms with Crippen molar-refractivity contribution >= 4 is 21.9 Å². The van der Waals surface area contributed by atoms with Gasteiger partial charge in [0.05, 0.1) is 18.8 Å². The maximum Gasteiger partial charge on any atom is 0.337 e. The Morgan fingerprint density at radius 2 is 2.19 bits per heavy atom. The van der Waals surface area contributed by atoms with Gasteiger partial charge in [0.15, 0.2) is 0 Å². The Balaban J connectivity index is 1.87. The number of benzene rings is 1. The van der Waals surface area contributed by atoms with Crippen molar-refractivity contribution in [1.82, 2.24) is 5.32 Å². The minimum absolute atomic E-state index is 0.170. The van der Waals surface area contributed by atoms with Crippen LogP contribution in [0.25, 0.3) is 0 Å². The van der Waals surface area contributed by atoms with Crippen molar-refractivity contribution in [3.63, 3.8) is 0 Å². The monoisotopic (exact) mass is 355 g/mol. The highest BCUT2D eigenvalue weighted by atomic mass is 79.9. The summed E-state index contributed by atoms with van der Waals surface area (Å²) in [4.78, 5) is 11.4. The van der Waals surface area contributed by atoms with Gasteiger partial charge >= 0.3 is 5.97 Å². The van der Waals surface area contributed by atoms with E-state index in [9.17, 15) is 9.90 Å². The van der Waals surface area contributed by atoms with Crippen LogP contribution in [-0.4, -0.2) is 30.8 Å². The summed E-state index contributed by atoms with van der Waals surface area (Å²) in [7, 11) is 1.38. The Hall–Kier alpha value is -0.910. The first kappa shape index (κ1) is 16.5. The summed E-state index contributed by atoms with van der Waals surface area (Å²) in [5, 5.41) is 13.3. The molecule has 0 aromatic heterocycles. The van der Waals surface area contributed by atoms with Crippen LogP contribution in [0, 0.1) is 5.92 Å². The normalized spacial score (nSPS) is 22.0. The maximum absolute atomic E-state index is 11.4. The highest BCUT2D eigenvalue weighted by molar-refractivity contribution is 9.10. The van der Waals surface area contributed by atoms with Crippen molar-refractivity contribution in [3.8, 4) is 0 Å². The molecule has 21 heavy (non-hydrogen) atoms. The molecule has 1 aliphatic carbocycles. The van der Waals surface area contributed by atoms with E-state index in [2.05, 4.69) is 21.2 Å². The van der Waals surface area contributed by atoms with Crippen LogP contribution in [0.1, 0.15) is 41.6 Å². The molecule has 116 valence electrons. The molecule has 1 aromatic carbocycles. The first-order valence-electron chi connectivity index (χ1n) is 7.37. The molecule has 1 fully saturated rings. The summed E-state index contributed by atoms with van der Waals surface area (Å²) in [6.07, 6.45) is 4.19. The lowest BCUT2D eigenvalue weighted by Gasteiger charge is -2.27. The highest BCUT2D eigenvalue weighted by Gasteiger charge is 2.22. The van der Waals surface area contributed by atoms with Crippen LogP contribution in [0.4, 0.5) is 0 Å². The van der Waals surface area contributed by atoms with Gasteiger partial charge in [0.2, 0.25) is 0 Å². The fourth-order valence-electron chi connectivity index (χ4n) is 2.75. The minimum Gasteiger partial charge on any atom is -0.465 e. The molecule has 4 nitrogen and oxygen atoms in total. The van der Waals surface area contributed by atoms with E-state index < -0.39 is 0 Å². The molecule has 0 saturated heterocycles. The third-order valence-electron chi connectivity index (χ3n) is 4.07. The number of hydrogen-bond donors (Lipinski definition) is 2. The summed E-state index contributed by atoms with van der Waals surface area (Å²) in [6.45, 7) is 1.54. The van der Waals surface area contributed by atoms with Gasteiger partial charge in [-0.3, -0.25) is 0 Å². The zero-order valence-electron chi connectivity index (χ0n) is 12.3. The molecule has 0 heterocycles. The molecule has 1 saturated carbocycles. The molecule has 0 amide bonds. The van der Waals surface area contributed by atoms with E-state index in [0.717, 1.165) is 35.8 Å². The highest BCUT2D eigenvalue weighted by Crippen LogP contribution is 2.24. The molecule has 1 aliphatic rings. The molecule has 0 radical (unpaired) electrons. The van der Waals surface area contributed by atoms with Crippen molar-refractivity contribution < 1.29 is 14.6 Å². The standard InChI is InChI=1S/C16H22BrNO3/c1-21-16(20)11-6-7-12(14(17)8-11)9-18-10-13-4-2-3-5-15(13)19/h6-8,13,15,18-19H,2-5,9-10H2,1H3. The predicted octanol–water partition coefficient (Wildman–Crippen LogP) is 2.88. The number of nitrogens with one attached hydrogen (secondary N) is 1. The quantitative estimate of drug-likeness (QED) is 0.797. The van der Waals surface area contributed by atoms with E-state index in [0.29, 0.717) is 18.0 Å². The number of carbonyl (C=O) groups excluding carboxylic acids is 1. The van der Waals surface area contributed by atoms with Crippen LogP contribution in [0.2, 0.25) is 0 Å². The Labute approximate surface area is 134 Å². The lowest BCUT2D eigenvalue weighted by molar-refractivity contribution is 0.0600. The van der Waals surface area contributed by atoms with Gasteiger partial charge in [-0.1, -0.05) is 34.8 Å². The van der Waals surface area contributed by atoms with Crippen LogP contribution in [0.15, 0.2) is 22.7 Å². The van der Waals surface area contributed by atoms with Crippen molar-refractivity contribution in [2.45, 2.75) is 38.3 Å². The summed E-state index contributed by atoms with van der Waals surface area (Å²) in [5.74, 6) is 0.0207. The van der Waals surface area contributed by atoms with Crippen molar-refractivity contribution in [1.29, 1.82) is 0 Å². The average Bonchev–Trinajstić information content (AvgIpc) is 2.50. The van der Waals surface area contributed by atoms with Crippen molar-refractivity contribution in [3.05, 3.63) is 33.8 Å². The molecule has 2 N–H and O–H groups in total. The molecule has 2 unspecified atom stereocenters. The van der Waals surface area contributed by atoms with Crippen LogP contribution in [-0.2, 0) is 11.3 Å². The zero-order valence-corrected chi connectivity index (χ0v) is 13.9. The SMILES string of the molecule is COC(=O)c1ccc(CNCC2CCCCC2O)c(Br)c1. The molecule has 0 spiro atoms. The van der Waals surface area contributed by atoms with Crippen LogP contribution in [0.3, 0.4) is 0 Å². The van der Waals surface area contributed by atoms with Gasteiger partial charge in [-0.2, -0.15) is 0 Å². The number of methoxy groups -OCH3 is 1. The zero-order chi connectivity index (χ0) is 15.2. The smallest absolute Gasteiger partial charge is 0.337 e. The first-order chi connectivity index (χ1) is 10.1. The molecule has 5 heteroatoms. The van der Waals surface area contributed by atoms with Gasteiger partial charge in [0.1, 0.15) is 0 Å². The second-order valence-corrected chi connectivity index (χ2v) is 6.39. The largest absolute Gasteiger partial charge is 0.465 e. The van der Waals surface area contributed by atoms with Crippen LogP contribution >= 0.6 is 15.9 Å². The van der Waals surface area contributed by atoms with Gasteiger partial charge in [-0.05, 0) is 36.5 Å². The molecular formula is C16H22BrNO3. The maximum atomic E-state index is 11.4. The second kappa shape index (κ2) is 7.92. The lowest BCUT2D eigenvalue weighted by Crippen LogP contribution is -2.33. The number of aliphatic hydroxyl groups is 1. The number of esters is 1. The Morgan fingerprint density at radius 3 is 2.86 bits per heavy atom. The van der Waals surface area contributed by atoms with E-state index in [1.54, 1.807) is 12.1 Å². The minimum atomic E-state index is -0.333. The van der Waals surface area contributed by atoms with Crippen LogP contribution < -0.4 is 5.32 Å². The summed E-state index contributed by atoms with van der Waals surface area (Å²) in [6, 6.07) is 5.46. The number of carbonyl (C=O) groups is 1. The third kappa shape index (κ3) is 4.53. The molecule has 2 atom stereocenters. The number of halogens is 1. The van der Waals surface area contributed by atoms with Crippen molar-refractivity contribution in [2.24, 2.45) is 5.92 Å². The third-order valence-corrected chi connectivity index (χ3v) is 4.80. The molecule has 2 rings (SSSR count). The number of aliphatic hydroxyl groups excluding tert-OH is 1. The van der Waals surface area contributed by atoms with E-state index in [1.807, 2.05) is 6.07 Å². The fourth-order valence-corrected chi connectivity index (χ4v) is 3.27. The van der Waals surface area contributed by atoms with E-state index in [-0.39, 0.29) is 12.1 Å². The number of ether oxygens (including phenoxy) is 1. The van der Waals surface area contributed by atoms with Gasteiger partial charge in [-0.25, -0.2) is 4.79 Å². The molecule has 0 bridgehead atoms. The summed E-state index contributed by atoms with van der Waals surface area (Å²) >= 11 is 3.49. The molecular weight excluding hydrogens is 334 g/mol. The fraction of sp³-hybridized carbons (Fsp3) is 0.562. The summed E-state index contributed by atoms with van der Waals surface area (Å²) in [5.41, 5.74) is 1.63. The van der Waals surface area contributed by atoms with Gasteiger partial charge in [0, 0.05) is 17.6 Å². The van der Waals surface area contributed by atoms with E-state index >= 15 is 0 Å². The van der Waals surface area contributed by atoms with E-state index in [1.165, 1.54) is 13.5 Å². The Bertz CT molecular complexity index is 492. The number of rotatable bonds is 5. The van der Waals surface area contributed by atoms with E-state index in [4.69, 9.17) is 4.74 Å². The van der Waals surface area contributed by atoms with Crippen molar-refractivity contribution in [2.75, 3.05) is 13.7 Å². The molecule has 0 aliphatic heterocycles. The van der Waals surface area contributed by atoms with Crippen LogP contribution in [0.5, 0.6) is 0 Å². The Kier molecular flexibility index (Phi) is 6.21. The first-order valence-corrected chi connectivity index (χ1v) is 8.16. The summed E-state index contributed by atoms with van der Waals surface area (Å²) < 4.78 is 5.59. The Morgan fingerprint density at radius 1 is 1.43 bits per heavy atom. The number of hydrogen-bond acceptors (Lipinski definition) is 4. The second-order valence-electron chi connectivity index (χ2n) is 5.54.